The lowest BCUT2D eigenvalue weighted by molar-refractivity contribution is 0.0800. The summed E-state index contributed by atoms with van der Waals surface area (Å²) in [7, 11) is 0. The lowest BCUT2D eigenvalue weighted by Crippen LogP contribution is -2.28. The Morgan fingerprint density at radius 1 is 1.42 bits per heavy atom. The Labute approximate surface area is 112 Å². The Morgan fingerprint density at radius 3 is 2.68 bits per heavy atom. The Hall–Kier alpha value is -2.28. The maximum atomic E-state index is 12.3. The van der Waals surface area contributed by atoms with E-state index in [-0.39, 0.29) is 17.2 Å². The topological polar surface area (TPSA) is 64.3 Å². The molecule has 1 heterocycles. The molecule has 1 aromatic carbocycles. The van der Waals surface area contributed by atoms with Crippen LogP contribution in [0.3, 0.4) is 0 Å². The van der Waals surface area contributed by atoms with Crippen LogP contribution in [0.1, 0.15) is 34.8 Å². The fourth-order valence-corrected chi connectivity index (χ4v) is 2.19. The van der Waals surface area contributed by atoms with Gasteiger partial charge in [-0.2, -0.15) is 5.26 Å². The van der Waals surface area contributed by atoms with Crippen LogP contribution in [-0.4, -0.2) is 29.0 Å². The zero-order valence-electron chi connectivity index (χ0n) is 10.9. The highest BCUT2D eigenvalue weighted by molar-refractivity contribution is 5.95. The number of hydrogen-bond acceptors (Lipinski definition) is 3. The Morgan fingerprint density at radius 2 is 2.11 bits per heavy atom. The second kappa shape index (κ2) is 5.57. The van der Waals surface area contributed by atoms with E-state index in [9.17, 15) is 9.90 Å². The molecule has 1 aliphatic rings. The van der Waals surface area contributed by atoms with E-state index < -0.39 is 0 Å². The summed E-state index contributed by atoms with van der Waals surface area (Å²) in [5.41, 5.74) is 1.31. The van der Waals surface area contributed by atoms with Gasteiger partial charge in [0.1, 0.15) is 11.8 Å². The number of hydrogen-bond donors (Lipinski definition) is 1. The van der Waals surface area contributed by atoms with Gasteiger partial charge < -0.3 is 10.0 Å². The number of aryl methyl sites for hydroxylation is 1. The highest BCUT2D eigenvalue weighted by Gasteiger charge is 2.19. The highest BCUT2D eigenvalue weighted by atomic mass is 16.3. The average Bonchev–Trinajstić information content (AvgIpc) is 2.94. The zero-order chi connectivity index (χ0) is 13.8. The van der Waals surface area contributed by atoms with Gasteiger partial charge in [-0.25, -0.2) is 0 Å². The normalized spacial score (nSPS) is 13.6. The van der Waals surface area contributed by atoms with Gasteiger partial charge in [0.25, 0.3) is 5.91 Å². The van der Waals surface area contributed by atoms with E-state index >= 15 is 0 Å². The lowest BCUT2D eigenvalue weighted by Gasteiger charge is -2.16. The molecule has 1 amide bonds. The summed E-state index contributed by atoms with van der Waals surface area (Å²) in [5, 5.41) is 19.0. The van der Waals surface area contributed by atoms with Crippen LogP contribution >= 0.6 is 0 Å². The maximum Gasteiger partial charge on any atom is 0.254 e. The summed E-state index contributed by atoms with van der Waals surface area (Å²) in [5.74, 6) is -0.0979. The summed E-state index contributed by atoms with van der Waals surface area (Å²) >= 11 is 0. The first-order valence-corrected chi connectivity index (χ1v) is 6.37. The fourth-order valence-electron chi connectivity index (χ4n) is 2.19. The van der Waals surface area contributed by atoms with Gasteiger partial charge in [0.2, 0.25) is 0 Å². The van der Waals surface area contributed by atoms with E-state index in [4.69, 9.17) is 5.26 Å². The Bertz CT molecular complexity index is 562. The first kappa shape index (κ1) is 13.2. The molecule has 1 aliphatic heterocycles. The first-order chi connectivity index (χ1) is 9.17. The molecule has 0 unspecified atom stereocenters. The van der Waals surface area contributed by atoms with Gasteiger partial charge in [-0.15, -0.1) is 0 Å². The summed E-state index contributed by atoms with van der Waals surface area (Å²) in [6, 6.07) is 5.11. The molecule has 98 valence electrons. The average molecular weight is 256 g/mol. The Kier molecular flexibility index (Phi) is 3.86. The molecule has 1 aromatic rings. The lowest BCUT2D eigenvalue weighted by atomic mass is 10.0. The van der Waals surface area contributed by atoms with Gasteiger partial charge in [0.05, 0.1) is 5.56 Å². The van der Waals surface area contributed by atoms with E-state index in [0.717, 1.165) is 6.42 Å². The third-order valence-corrected chi connectivity index (χ3v) is 3.18. The molecule has 1 N–H and O–H groups in total. The van der Waals surface area contributed by atoms with Gasteiger partial charge >= 0.3 is 0 Å². The van der Waals surface area contributed by atoms with E-state index in [1.165, 1.54) is 6.07 Å². The number of carbonyl (C=O) groups excluding carboxylic acids is 1. The van der Waals surface area contributed by atoms with E-state index in [1.54, 1.807) is 11.0 Å². The van der Waals surface area contributed by atoms with E-state index in [1.807, 2.05) is 25.1 Å². The molecule has 2 rings (SSSR count). The second-order valence-electron chi connectivity index (χ2n) is 4.57. The van der Waals surface area contributed by atoms with Crippen molar-refractivity contribution in [3.8, 4) is 11.8 Å². The number of phenolic OH excluding ortho intramolecular Hbond substituents is 1. The van der Waals surface area contributed by atoms with Crippen molar-refractivity contribution in [2.45, 2.75) is 19.8 Å². The fraction of sp³-hybridized carbons (Fsp3) is 0.333. The predicted octanol–water partition coefficient (Wildman–Crippen LogP) is 2.23. The van der Waals surface area contributed by atoms with E-state index in [2.05, 4.69) is 0 Å². The minimum atomic E-state index is -0.0983. The first-order valence-electron chi connectivity index (χ1n) is 6.37. The standard InChI is InChI=1S/C15H16N2O2/c1-2-5-11-8-12(9-13(10-16)14(11)18)15(19)17-6-3-4-7-17/h3-4,8-9,18H,2,5-7H2,1H3. The number of rotatable bonds is 3. The van der Waals surface area contributed by atoms with Gasteiger partial charge in [-0.3, -0.25) is 4.79 Å². The van der Waals surface area contributed by atoms with Crippen molar-refractivity contribution in [1.29, 1.82) is 5.26 Å². The number of amides is 1. The number of carbonyl (C=O) groups is 1. The quantitative estimate of drug-likeness (QED) is 0.843. The third kappa shape index (κ3) is 2.60. The summed E-state index contributed by atoms with van der Waals surface area (Å²) < 4.78 is 0. The van der Waals surface area contributed by atoms with Crippen molar-refractivity contribution in [1.82, 2.24) is 4.90 Å². The van der Waals surface area contributed by atoms with Gasteiger partial charge in [0, 0.05) is 18.7 Å². The van der Waals surface area contributed by atoms with Crippen molar-refractivity contribution >= 4 is 5.91 Å². The minimum absolute atomic E-state index is 0.000414. The molecule has 19 heavy (non-hydrogen) atoms. The van der Waals surface area contributed by atoms with E-state index in [0.29, 0.717) is 30.6 Å². The molecule has 0 spiro atoms. The summed E-state index contributed by atoms with van der Waals surface area (Å²) in [6.45, 7) is 3.19. The van der Waals surface area contributed by atoms with Crippen LogP contribution in [0.4, 0.5) is 0 Å². The SMILES string of the molecule is CCCc1cc(C(=O)N2CC=CC2)cc(C#N)c1O. The van der Waals surface area contributed by atoms with Crippen LogP contribution in [0.2, 0.25) is 0 Å². The van der Waals surface area contributed by atoms with Crippen LogP contribution in [0.5, 0.6) is 5.75 Å². The number of nitriles is 1. The summed E-state index contributed by atoms with van der Waals surface area (Å²) in [4.78, 5) is 14.0. The zero-order valence-corrected chi connectivity index (χ0v) is 10.9. The molecule has 0 saturated carbocycles. The van der Waals surface area contributed by atoms with Gasteiger partial charge in [-0.05, 0) is 24.1 Å². The second-order valence-corrected chi connectivity index (χ2v) is 4.57. The molecular formula is C15H16N2O2. The van der Waals surface area contributed by atoms with Crippen LogP contribution < -0.4 is 0 Å². The smallest absolute Gasteiger partial charge is 0.254 e. The Balaban J connectivity index is 2.37. The number of aromatic hydroxyl groups is 1. The van der Waals surface area contributed by atoms with Crippen molar-refractivity contribution in [3.05, 3.63) is 41.0 Å². The highest BCUT2D eigenvalue weighted by Crippen LogP contribution is 2.26. The molecule has 0 bridgehead atoms. The predicted molar refractivity (Wildman–Crippen MR) is 71.9 cm³/mol. The maximum absolute atomic E-state index is 12.3. The third-order valence-electron chi connectivity index (χ3n) is 3.18. The molecule has 4 heteroatoms. The molecule has 0 aromatic heterocycles. The molecule has 0 radical (unpaired) electrons. The largest absolute Gasteiger partial charge is 0.506 e. The van der Waals surface area contributed by atoms with Crippen molar-refractivity contribution in [2.75, 3.05) is 13.1 Å². The number of benzene rings is 1. The number of phenols is 1. The van der Waals surface area contributed by atoms with Crippen LogP contribution in [-0.2, 0) is 6.42 Å². The van der Waals surface area contributed by atoms with Crippen molar-refractivity contribution in [3.63, 3.8) is 0 Å². The molecule has 0 fully saturated rings. The van der Waals surface area contributed by atoms with Gasteiger partial charge in [-0.1, -0.05) is 25.5 Å². The number of nitrogens with zero attached hydrogens (tertiary/aromatic N) is 2. The van der Waals surface area contributed by atoms with Crippen molar-refractivity contribution < 1.29 is 9.90 Å². The molecule has 0 aliphatic carbocycles. The summed E-state index contributed by atoms with van der Waals surface area (Å²) in [6.07, 6.45) is 5.38. The molecule has 4 nitrogen and oxygen atoms in total. The van der Waals surface area contributed by atoms with Crippen LogP contribution in [0.25, 0.3) is 0 Å². The molecule has 0 saturated heterocycles. The molecular weight excluding hydrogens is 240 g/mol. The van der Waals surface area contributed by atoms with Crippen molar-refractivity contribution in [2.24, 2.45) is 0 Å². The van der Waals surface area contributed by atoms with Crippen LogP contribution in [0, 0.1) is 11.3 Å². The van der Waals surface area contributed by atoms with Crippen LogP contribution in [0.15, 0.2) is 24.3 Å². The minimum Gasteiger partial charge on any atom is -0.506 e. The van der Waals surface area contributed by atoms with Gasteiger partial charge in [0.15, 0.2) is 0 Å². The monoisotopic (exact) mass is 256 g/mol. The molecule has 0 atom stereocenters.